The zero-order valence-electron chi connectivity index (χ0n) is 4.33. The summed E-state index contributed by atoms with van der Waals surface area (Å²) in [6, 6.07) is 0. The molecule has 2 aliphatic rings. The molecule has 0 fully saturated rings. The van der Waals surface area contributed by atoms with Gasteiger partial charge in [-0.3, -0.25) is 0 Å². The number of aliphatic hydroxyl groups is 1. The first-order valence-corrected chi connectivity index (χ1v) is 2.66. The minimum absolute atomic E-state index is 0.296. The van der Waals surface area contributed by atoms with E-state index in [4.69, 9.17) is 5.11 Å². The Morgan fingerprint density at radius 2 is 1.62 bits per heavy atom. The largest absolute Gasteiger partial charge is 0.384 e. The van der Waals surface area contributed by atoms with Crippen molar-refractivity contribution in [2.24, 2.45) is 0 Å². The molecule has 0 atom stereocenters. The molecule has 8 heavy (non-hydrogen) atoms. The molecule has 0 heterocycles. The normalized spacial score (nSPS) is 24.1. The molecule has 0 radical (unpaired) electrons. The molecule has 0 unspecified atom stereocenters. The molecular weight excluding hydrogens is 100 g/mol. The van der Waals surface area contributed by atoms with E-state index in [2.05, 4.69) is 0 Å². The molecule has 2 bridgehead atoms. The van der Waals surface area contributed by atoms with Crippen LogP contribution in [0.1, 0.15) is 0 Å². The van der Waals surface area contributed by atoms with E-state index in [0.29, 0.717) is 0 Å². The second-order valence-corrected chi connectivity index (χ2v) is 2.07. The fraction of sp³-hybridized carbons (Fsp3) is 0.143. The molecule has 1 heteroatoms. The van der Waals surface area contributed by atoms with Gasteiger partial charge in [0.05, 0.1) is 0 Å². The Hall–Kier alpha value is -0.820. The van der Waals surface area contributed by atoms with Crippen LogP contribution in [0.25, 0.3) is 0 Å². The monoisotopic (exact) mass is 106 g/mol. The topological polar surface area (TPSA) is 20.2 Å². The maximum atomic E-state index is 9.13. The predicted octanol–water partition coefficient (Wildman–Crippen LogP) is 0.783. The summed E-state index contributed by atoms with van der Waals surface area (Å²) in [6.45, 7) is 0. The van der Waals surface area contributed by atoms with Gasteiger partial charge >= 0.3 is 0 Å². The van der Waals surface area contributed by atoms with Crippen LogP contribution in [0.4, 0.5) is 0 Å². The highest BCUT2D eigenvalue weighted by molar-refractivity contribution is 5.54. The van der Waals surface area contributed by atoms with E-state index in [1.165, 1.54) is 0 Å². The van der Waals surface area contributed by atoms with Crippen LogP contribution in [-0.2, 0) is 0 Å². The van der Waals surface area contributed by atoms with Crippen LogP contribution in [0.2, 0.25) is 0 Å². The van der Waals surface area contributed by atoms with Crippen molar-refractivity contribution in [3.63, 3.8) is 0 Å². The van der Waals surface area contributed by atoms with Gasteiger partial charge in [0.2, 0.25) is 0 Å². The number of rotatable bonds is 0. The standard InChI is InChI=1S/C7H6O/c8-7-5-1-2-6(7)4-3-5/h1-4,7-8H. The van der Waals surface area contributed by atoms with Gasteiger partial charge in [0, 0.05) is 0 Å². The molecule has 0 aliphatic heterocycles. The average Bonchev–Trinajstić information content (AvgIpc) is 2.29. The summed E-state index contributed by atoms with van der Waals surface area (Å²) in [5.74, 6) is 0. The van der Waals surface area contributed by atoms with E-state index < -0.39 is 0 Å². The van der Waals surface area contributed by atoms with Gasteiger partial charge in [-0.05, 0) is 11.1 Å². The molecule has 0 amide bonds. The molecule has 0 saturated carbocycles. The van der Waals surface area contributed by atoms with E-state index >= 15 is 0 Å². The number of fused-ring (bicyclic) bond motifs is 2. The zero-order valence-corrected chi connectivity index (χ0v) is 4.33. The zero-order chi connectivity index (χ0) is 5.56. The lowest BCUT2D eigenvalue weighted by Crippen LogP contribution is -2.00. The number of allylic oxidation sites excluding steroid dienone is 2. The molecular formula is C7H6O. The summed E-state index contributed by atoms with van der Waals surface area (Å²) in [5.41, 5.74) is 2.06. The predicted molar refractivity (Wildman–Crippen MR) is 31.3 cm³/mol. The highest BCUT2D eigenvalue weighted by atomic mass is 16.3. The summed E-state index contributed by atoms with van der Waals surface area (Å²) in [4.78, 5) is 0. The van der Waals surface area contributed by atoms with Crippen molar-refractivity contribution in [1.82, 2.24) is 0 Å². The second-order valence-electron chi connectivity index (χ2n) is 2.07. The minimum atomic E-state index is -0.296. The van der Waals surface area contributed by atoms with Gasteiger partial charge in [-0.15, -0.1) is 0 Å². The van der Waals surface area contributed by atoms with Crippen molar-refractivity contribution < 1.29 is 5.11 Å². The van der Waals surface area contributed by atoms with Crippen LogP contribution in [0.5, 0.6) is 0 Å². The van der Waals surface area contributed by atoms with E-state index in [-0.39, 0.29) is 6.10 Å². The Balaban J connectivity index is 2.57. The van der Waals surface area contributed by atoms with E-state index in [0.717, 1.165) is 11.1 Å². The third kappa shape index (κ3) is 0.307. The Morgan fingerprint density at radius 1 is 1.12 bits per heavy atom. The first-order valence-electron chi connectivity index (χ1n) is 2.66. The van der Waals surface area contributed by atoms with Crippen molar-refractivity contribution in [3.05, 3.63) is 35.5 Å². The molecule has 0 aromatic carbocycles. The second kappa shape index (κ2) is 1.12. The smallest absolute Gasteiger partial charge is 0.104 e. The van der Waals surface area contributed by atoms with Crippen LogP contribution in [-0.4, -0.2) is 11.2 Å². The first-order chi connectivity index (χ1) is 3.88. The van der Waals surface area contributed by atoms with Crippen molar-refractivity contribution in [1.29, 1.82) is 0 Å². The quantitative estimate of drug-likeness (QED) is 0.484. The SMILES string of the molecule is OC1C2=CC=C1C=C2. The third-order valence-electron chi connectivity index (χ3n) is 1.57. The van der Waals surface area contributed by atoms with Gasteiger partial charge in [0.25, 0.3) is 0 Å². The van der Waals surface area contributed by atoms with Crippen molar-refractivity contribution in [2.45, 2.75) is 6.10 Å². The first kappa shape index (κ1) is 4.10. The molecule has 0 spiro atoms. The van der Waals surface area contributed by atoms with Gasteiger partial charge in [-0.25, -0.2) is 0 Å². The van der Waals surface area contributed by atoms with Crippen LogP contribution < -0.4 is 0 Å². The summed E-state index contributed by atoms with van der Waals surface area (Å²) in [6.07, 6.45) is 7.48. The fourth-order valence-electron chi connectivity index (χ4n) is 1.05. The summed E-state index contributed by atoms with van der Waals surface area (Å²) in [7, 11) is 0. The van der Waals surface area contributed by atoms with Gasteiger partial charge in [0.15, 0.2) is 0 Å². The Bertz CT molecular complexity index is 186. The molecule has 0 saturated heterocycles. The average molecular weight is 106 g/mol. The lowest BCUT2D eigenvalue weighted by Gasteiger charge is -1.96. The number of hydrogen-bond donors (Lipinski definition) is 1. The van der Waals surface area contributed by atoms with Crippen LogP contribution in [0.3, 0.4) is 0 Å². The van der Waals surface area contributed by atoms with Crippen LogP contribution in [0.15, 0.2) is 35.5 Å². The van der Waals surface area contributed by atoms with Gasteiger partial charge in [-0.1, -0.05) is 24.3 Å². The maximum absolute atomic E-state index is 9.13. The lowest BCUT2D eigenvalue weighted by molar-refractivity contribution is 0.261. The number of aliphatic hydroxyl groups excluding tert-OH is 1. The Labute approximate surface area is 47.6 Å². The van der Waals surface area contributed by atoms with E-state index in [1.54, 1.807) is 0 Å². The molecule has 1 N–H and O–H groups in total. The molecule has 0 aromatic rings. The van der Waals surface area contributed by atoms with Crippen molar-refractivity contribution >= 4 is 0 Å². The molecule has 1 nitrogen and oxygen atoms in total. The Morgan fingerprint density at radius 3 is 1.75 bits per heavy atom. The highest BCUT2D eigenvalue weighted by Gasteiger charge is 2.20. The summed E-state index contributed by atoms with van der Waals surface area (Å²) < 4.78 is 0. The molecule has 40 valence electrons. The van der Waals surface area contributed by atoms with Gasteiger partial charge in [0.1, 0.15) is 6.10 Å². The summed E-state index contributed by atoms with van der Waals surface area (Å²) in [5, 5.41) is 9.13. The van der Waals surface area contributed by atoms with E-state index in [1.807, 2.05) is 24.3 Å². The molecule has 2 aliphatic carbocycles. The van der Waals surface area contributed by atoms with Crippen molar-refractivity contribution in [3.8, 4) is 0 Å². The van der Waals surface area contributed by atoms with Gasteiger partial charge in [-0.2, -0.15) is 0 Å². The fourth-order valence-corrected chi connectivity index (χ4v) is 1.05. The highest BCUT2D eigenvalue weighted by Crippen LogP contribution is 2.28. The molecule has 2 rings (SSSR count). The summed E-state index contributed by atoms with van der Waals surface area (Å²) >= 11 is 0. The number of hydrogen-bond acceptors (Lipinski definition) is 1. The molecule has 0 aromatic heterocycles. The minimum Gasteiger partial charge on any atom is -0.384 e. The third-order valence-corrected chi connectivity index (χ3v) is 1.57. The Kier molecular flexibility index (Phi) is 0.573. The van der Waals surface area contributed by atoms with Crippen LogP contribution in [0, 0.1) is 0 Å². The lowest BCUT2D eigenvalue weighted by atomic mass is 10.2. The van der Waals surface area contributed by atoms with E-state index in [9.17, 15) is 0 Å². The van der Waals surface area contributed by atoms with Gasteiger partial charge < -0.3 is 5.11 Å². The van der Waals surface area contributed by atoms with Crippen molar-refractivity contribution in [2.75, 3.05) is 0 Å². The van der Waals surface area contributed by atoms with Crippen LogP contribution >= 0.6 is 0 Å². The maximum Gasteiger partial charge on any atom is 0.104 e.